The van der Waals surface area contributed by atoms with Gasteiger partial charge in [0.25, 0.3) is 5.69 Å². The van der Waals surface area contributed by atoms with E-state index in [0.717, 1.165) is 41.6 Å². The van der Waals surface area contributed by atoms with Crippen LogP contribution in [-0.4, -0.2) is 17.5 Å². The Kier molecular flexibility index (Phi) is 2.84. The molecule has 0 heterocycles. The van der Waals surface area contributed by atoms with Crippen molar-refractivity contribution in [2.75, 3.05) is 17.2 Å². The minimum Gasteiger partial charge on any atom is -0.385 e. The van der Waals surface area contributed by atoms with Crippen LogP contribution in [0.25, 0.3) is 0 Å². The number of nitro benzene ring substituents is 1. The Bertz CT molecular complexity index is 573. The number of non-ortho nitro benzene ring substituents is 1. The molecule has 0 radical (unpaired) electrons. The lowest BCUT2D eigenvalue weighted by Crippen LogP contribution is -2.13. The highest BCUT2D eigenvalue weighted by Gasteiger charge is 2.65. The van der Waals surface area contributed by atoms with E-state index in [9.17, 15) is 10.1 Å². The number of hydrogen-bond acceptors (Lipinski definition) is 4. The van der Waals surface area contributed by atoms with E-state index in [0.29, 0.717) is 6.04 Å². The zero-order valence-corrected chi connectivity index (χ0v) is 12.2. The molecule has 2 N–H and O–H groups in total. The highest BCUT2D eigenvalue weighted by molar-refractivity contribution is 5.64. The van der Waals surface area contributed by atoms with E-state index in [1.165, 1.54) is 19.3 Å². The molecule has 112 valence electrons. The van der Waals surface area contributed by atoms with Crippen LogP contribution in [0.5, 0.6) is 0 Å². The molecule has 3 saturated carbocycles. The van der Waals surface area contributed by atoms with Crippen molar-refractivity contribution in [3.05, 3.63) is 28.3 Å². The van der Waals surface area contributed by atoms with Crippen LogP contribution in [0.1, 0.15) is 26.2 Å². The topological polar surface area (TPSA) is 67.2 Å². The Morgan fingerprint density at radius 2 is 1.86 bits per heavy atom. The summed E-state index contributed by atoms with van der Waals surface area (Å²) in [7, 11) is 0. The molecule has 0 amide bonds. The summed E-state index contributed by atoms with van der Waals surface area (Å²) in [6.07, 6.45) is 4.20. The van der Waals surface area contributed by atoms with Gasteiger partial charge >= 0.3 is 0 Å². The molecule has 21 heavy (non-hydrogen) atoms. The molecular formula is C16H21N3O2. The quantitative estimate of drug-likeness (QED) is 0.642. The van der Waals surface area contributed by atoms with E-state index < -0.39 is 0 Å². The maximum absolute atomic E-state index is 11.1. The van der Waals surface area contributed by atoms with Gasteiger partial charge in [-0.2, -0.15) is 0 Å². The second-order valence-corrected chi connectivity index (χ2v) is 6.71. The summed E-state index contributed by atoms with van der Waals surface area (Å²) >= 11 is 0. The molecule has 1 aromatic rings. The molecule has 1 aromatic carbocycles. The third kappa shape index (κ3) is 2.06. The molecule has 0 saturated heterocycles. The first-order chi connectivity index (χ1) is 10.2. The van der Waals surface area contributed by atoms with Crippen molar-refractivity contribution in [3.8, 4) is 0 Å². The van der Waals surface area contributed by atoms with Crippen LogP contribution in [-0.2, 0) is 0 Å². The van der Waals surface area contributed by atoms with Crippen LogP contribution in [0.3, 0.4) is 0 Å². The van der Waals surface area contributed by atoms with Gasteiger partial charge in [0.05, 0.1) is 4.92 Å². The smallest absolute Gasteiger partial charge is 0.273 e. The monoisotopic (exact) mass is 287 g/mol. The Hall–Kier alpha value is -1.78. The lowest BCUT2D eigenvalue weighted by atomic mass is 10.0. The summed E-state index contributed by atoms with van der Waals surface area (Å²) in [5, 5.41) is 17.8. The number of rotatable bonds is 5. The highest BCUT2D eigenvalue weighted by atomic mass is 16.6. The molecule has 3 fully saturated rings. The Balaban J connectivity index is 1.53. The molecule has 5 nitrogen and oxygen atoms in total. The number of benzene rings is 1. The van der Waals surface area contributed by atoms with E-state index in [2.05, 4.69) is 10.6 Å². The Labute approximate surface area is 124 Å². The van der Waals surface area contributed by atoms with E-state index in [1.54, 1.807) is 12.1 Å². The number of nitrogens with zero attached hydrogens (tertiary/aromatic N) is 1. The summed E-state index contributed by atoms with van der Waals surface area (Å²) in [6, 6.07) is 5.81. The molecule has 5 heteroatoms. The largest absolute Gasteiger partial charge is 0.385 e. The number of anilines is 2. The van der Waals surface area contributed by atoms with Gasteiger partial charge in [-0.05, 0) is 55.9 Å². The predicted octanol–water partition coefficient (Wildman–Crippen LogP) is 3.48. The van der Waals surface area contributed by atoms with Gasteiger partial charge in [-0.25, -0.2) is 0 Å². The summed E-state index contributed by atoms with van der Waals surface area (Å²) in [6.45, 7) is 2.76. The van der Waals surface area contributed by atoms with E-state index >= 15 is 0 Å². The fourth-order valence-corrected chi connectivity index (χ4v) is 4.82. The molecule has 3 aliphatic rings. The van der Waals surface area contributed by atoms with Crippen molar-refractivity contribution in [2.24, 2.45) is 23.7 Å². The minimum atomic E-state index is -0.316. The maximum Gasteiger partial charge on any atom is 0.273 e. The fourth-order valence-electron chi connectivity index (χ4n) is 4.82. The molecular weight excluding hydrogens is 266 g/mol. The standard InChI is InChI=1S/C16H21N3O2/c1-2-17-11-6-12(8-13(7-11)19(20)21)18-16-14-9-3-4-10(5-9)15(14)16/h6-10,14-18H,2-5H2,1H3. The first kappa shape index (κ1) is 12.9. The Morgan fingerprint density at radius 3 is 2.48 bits per heavy atom. The lowest BCUT2D eigenvalue weighted by Gasteiger charge is -2.13. The predicted molar refractivity (Wildman–Crippen MR) is 82.5 cm³/mol. The molecule has 4 rings (SSSR count). The number of nitro groups is 1. The van der Waals surface area contributed by atoms with Gasteiger partial charge in [0.1, 0.15) is 0 Å². The van der Waals surface area contributed by atoms with Crippen molar-refractivity contribution in [1.82, 2.24) is 0 Å². The van der Waals surface area contributed by atoms with Crippen molar-refractivity contribution >= 4 is 17.1 Å². The van der Waals surface area contributed by atoms with E-state index in [1.807, 2.05) is 13.0 Å². The fraction of sp³-hybridized carbons (Fsp3) is 0.625. The van der Waals surface area contributed by atoms with Crippen LogP contribution in [0.15, 0.2) is 18.2 Å². The third-order valence-electron chi connectivity index (χ3n) is 5.58. The van der Waals surface area contributed by atoms with Crippen LogP contribution < -0.4 is 10.6 Å². The van der Waals surface area contributed by atoms with Gasteiger partial charge in [-0.15, -0.1) is 0 Å². The van der Waals surface area contributed by atoms with Crippen LogP contribution in [0.4, 0.5) is 17.1 Å². The van der Waals surface area contributed by atoms with Gasteiger partial charge in [0, 0.05) is 36.1 Å². The van der Waals surface area contributed by atoms with Crippen LogP contribution >= 0.6 is 0 Å². The molecule has 4 unspecified atom stereocenters. The van der Waals surface area contributed by atoms with Gasteiger partial charge in [-0.3, -0.25) is 10.1 Å². The number of nitrogens with one attached hydrogen (secondary N) is 2. The lowest BCUT2D eigenvalue weighted by molar-refractivity contribution is -0.384. The second kappa shape index (κ2) is 4.61. The summed E-state index contributed by atoms with van der Waals surface area (Å²) in [5.41, 5.74) is 1.87. The molecule has 3 aliphatic carbocycles. The van der Waals surface area contributed by atoms with Gasteiger partial charge < -0.3 is 10.6 Å². The first-order valence-corrected chi connectivity index (χ1v) is 7.97. The highest BCUT2D eigenvalue weighted by Crippen LogP contribution is 2.66. The average Bonchev–Trinajstić information content (AvgIpc) is 2.84. The summed E-state index contributed by atoms with van der Waals surface area (Å²) in [4.78, 5) is 10.8. The zero-order chi connectivity index (χ0) is 14.6. The SMILES string of the molecule is CCNc1cc(NC2C3C4CCC(C4)C23)cc([N+](=O)[O-])c1. The average molecular weight is 287 g/mol. The molecule has 0 aliphatic heterocycles. The summed E-state index contributed by atoms with van der Waals surface area (Å²) < 4.78 is 0. The minimum absolute atomic E-state index is 0.157. The van der Waals surface area contributed by atoms with E-state index in [4.69, 9.17) is 0 Å². The van der Waals surface area contributed by atoms with Crippen molar-refractivity contribution in [1.29, 1.82) is 0 Å². The van der Waals surface area contributed by atoms with Gasteiger partial charge in [-0.1, -0.05) is 0 Å². The normalized spacial score (nSPS) is 35.4. The molecule has 2 bridgehead atoms. The zero-order valence-electron chi connectivity index (χ0n) is 12.2. The number of fused-ring (bicyclic) bond motifs is 5. The Morgan fingerprint density at radius 1 is 1.19 bits per heavy atom. The maximum atomic E-state index is 11.1. The third-order valence-corrected chi connectivity index (χ3v) is 5.58. The van der Waals surface area contributed by atoms with Crippen molar-refractivity contribution < 1.29 is 4.92 Å². The summed E-state index contributed by atoms with van der Waals surface area (Å²) in [5.74, 6) is 3.46. The van der Waals surface area contributed by atoms with E-state index in [-0.39, 0.29) is 10.6 Å². The van der Waals surface area contributed by atoms with Crippen molar-refractivity contribution in [3.63, 3.8) is 0 Å². The van der Waals surface area contributed by atoms with Crippen LogP contribution in [0.2, 0.25) is 0 Å². The van der Waals surface area contributed by atoms with Gasteiger partial charge in [0.2, 0.25) is 0 Å². The van der Waals surface area contributed by atoms with Gasteiger partial charge in [0.15, 0.2) is 0 Å². The molecule has 0 spiro atoms. The second-order valence-electron chi connectivity index (χ2n) is 6.71. The van der Waals surface area contributed by atoms with Crippen molar-refractivity contribution in [2.45, 2.75) is 32.2 Å². The molecule has 0 aromatic heterocycles. The van der Waals surface area contributed by atoms with Crippen LogP contribution in [0, 0.1) is 33.8 Å². The number of hydrogen-bond donors (Lipinski definition) is 2. The first-order valence-electron chi connectivity index (χ1n) is 7.97. The molecule has 4 atom stereocenters.